The Bertz CT molecular complexity index is 789. The number of nitrogens with two attached hydrogens (primary N) is 1. The van der Waals surface area contributed by atoms with Crippen molar-refractivity contribution in [2.24, 2.45) is 5.73 Å². The minimum atomic E-state index is -0.711. The summed E-state index contributed by atoms with van der Waals surface area (Å²) in [5, 5.41) is 23.9. The molecule has 0 aliphatic carbocycles. The Morgan fingerprint density at radius 3 is 1.22 bits per heavy atom. The molecule has 3 amide bonds. The molecule has 0 heterocycles. The summed E-state index contributed by atoms with van der Waals surface area (Å²) in [6.07, 6.45) is 3.58. The number of amides is 3. The van der Waals surface area contributed by atoms with Crippen LogP contribution in [0.2, 0.25) is 0 Å². The highest BCUT2D eigenvalue weighted by Crippen LogP contribution is 2.06. The number of hydrogen-bond acceptors (Lipinski definition) is 12. The predicted octanol–water partition coefficient (Wildman–Crippen LogP) is 3.61. The summed E-state index contributed by atoms with van der Waals surface area (Å²) in [5.74, 6) is -0.659. The molecule has 300 valence electrons. The molecule has 0 atom stereocenters. The van der Waals surface area contributed by atoms with E-state index in [1.807, 2.05) is 55.4 Å². The van der Waals surface area contributed by atoms with Crippen LogP contribution in [-0.2, 0) is 38.0 Å². The van der Waals surface area contributed by atoms with E-state index >= 15 is 0 Å². The fourth-order valence-corrected chi connectivity index (χ4v) is 2.76. The van der Waals surface area contributed by atoms with Gasteiger partial charge >= 0.3 is 18.2 Å². The summed E-state index contributed by atoms with van der Waals surface area (Å²) >= 11 is 0. The number of carbonyl (C=O) groups is 4. The number of rotatable bonds is 23. The first kappa shape index (κ1) is 54.0. The number of carboxylic acid groups (broad SMARTS) is 1. The number of carbonyl (C=O) groups excluding carboxylic acids is 3. The molecule has 0 aromatic heterocycles. The molecule has 50 heavy (non-hydrogen) atoms. The third-order valence-corrected chi connectivity index (χ3v) is 4.86. The van der Waals surface area contributed by atoms with Gasteiger partial charge in [-0.2, -0.15) is 0 Å². The number of alkyl carbamates (subject to hydrolysis) is 2. The Labute approximate surface area is 301 Å². The lowest BCUT2D eigenvalue weighted by Gasteiger charge is -2.19. The van der Waals surface area contributed by atoms with Gasteiger partial charge in [0.15, 0.2) is 0 Å². The van der Waals surface area contributed by atoms with Crippen LogP contribution in [0.1, 0.15) is 101 Å². The second kappa shape index (κ2) is 39.0. The van der Waals surface area contributed by atoms with Crippen LogP contribution in [-0.4, -0.2) is 131 Å². The number of carboxylic acids is 1. The van der Waals surface area contributed by atoms with Crippen molar-refractivity contribution in [3.63, 3.8) is 0 Å². The highest BCUT2D eigenvalue weighted by molar-refractivity contribution is 5.75. The van der Waals surface area contributed by atoms with E-state index in [-0.39, 0.29) is 5.91 Å². The number of nitrogens with one attached hydrogen (secondary N) is 3. The summed E-state index contributed by atoms with van der Waals surface area (Å²) in [6.45, 7) is 22.7. The Morgan fingerprint density at radius 2 is 0.960 bits per heavy atom. The molecule has 16 nitrogen and oxygen atoms in total. The average Bonchev–Trinajstić information content (AvgIpc) is 2.99. The molecule has 0 aliphatic heterocycles. The van der Waals surface area contributed by atoms with Crippen LogP contribution in [0.25, 0.3) is 0 Å². The zero-order valence-electron chi connectivity index (χ0n) is 32.5. The van der Waals surface area contributed by atoms with Crippen LogP contribution in [0.15, 0.2) is 0 Å². The summed E-state index contributed by atoms with van der Waals surface area (Å²) in [4.78, 5) is 43.3. The first-order chi connectivity index (χ1) is 23.5. The number of aliphatic hydroxyl groups is 1. The van der Waals surface area contributed by atoms with Crippen LogP contribution in [0.5, 0.6) is 0 Å². The fourth-order valence-electron chi connectivity index (χ4n) is 2.76. The van der Waals surface area contributed by atoms with E-state index in [9.17, 15) is 19.2 Å². The van der Waals surface area contributed by atoms with Gasteiger partial charge in [0.05, 0.1) is 52.9 Å². The minimum absolute atomic E-state index is 0.0515. The van der Waals surface area contributed by atoms with E-state index in [4.69, 9.17) is 44.4 Å². The van der Waals surface area contributed by atoms with E-state index < -0.39 is 29.4 Å². The second-order valence-corrected chi connectivity index (χ2v) is 12.4. The molecule has 0 radical (unpaired) electrons. The van der Waals surface area contributed by atoms with Gasteiger partial charge < -0.3 is 60.3 Å². The smallest absolute Gasteiger partial charge is 0.407 e. The first-order valence-electron chi connectivity index (χ1n) is 17.5. The summed E-state index contributed by atoms with van der Waals surface area (Å²) in [5.41, 5.74) is 4.28. The van der Waals surface area contributed by atoms with Crippen LogP contribution < -0.4 is 21.7 Å². The van der Waals surface area contributed by atoms with E-state index in [0.29, 0.717) is 98.5 Å². The maximum Gasteiger partial charge on any atom is 0.407 e. The van der Waals surface area contributed by atoms with Gasteiger partial charge in [-0.25, -0.2) is 9.59 Å². The molecule has 0 aromatic rings. The van der Waals surface area contributed by atoms with Crippen molar-refractivity contribution in [3.8, 4) is 0 Å². The van der Waals surface area contributed by atoms with Crippen molar-refractivity contribution in [1.82, 2.24) is 16.0 Å². The number of ether oxygens (including phenoxy) is 6. The number of hydrogen-bond donors (Lipinski definition) is 6. The SMILES string of the molecule is CC(C)(C)OC(=O)NCCOCCOCCN.CCCC(=O)NCCOCCOCCNC(=O)OC(C)(C)C.CCCC(=O)O.CCCCO. The fraction of sp³-hybridized carbons (Fsp3) is 0.882. The first-order valence-corrected chi connectivity index (χ1v) is 17.5. The summed E-state index contributed by atoms with van der Waals surface area (Å²) in [6, 6.07) is 0. The molecular weight excluding hydrogens is 656 g/mol. The van der Waals surface area contributed by atoms with E-state index in [1.165, 1.54) is 0 Å². The largest absolute Gasteiger partial charge is 0.481 e. The highest BCUT2D eigenvalue weighted by Gasteiger charge is 2.16. The van der Waals surface area contributed by atoms with Gasteiger partial charge in [0.2, 0.25) is 5.91 Å². The second-order valence-electron chi connectivity index (χ2n) is 12.4. The number of aliphatic carboxylic acids is 1. The molecule has 7 N–H and O–H groups in total. The van der Waals surface area contributed by atoms with Crippen LogP contribution in [0.3, 0.4) is 0 Å². The van der Waals surface area contributed by atoms with E-state index in [2.05, 4.69) is 22.9 Å². The molecule has 0 bridgehead atoms. The molecule has 0 saturated heterocycles. The number of aliphatic hydroxyl groups excluding tert-OH is 1. The molecule has 16 heteroatoms. The zero-order chi connectivity index (χ0) is 39.1. The van der Waals surface area contributed by atoms with Gasteiger partial charge in [-0.05, 0) is 60.8 Å². The van der Waals surface area contributed by atoms with Gasteiger partial charge in [-0.15, -0.1) is 0 Å². The van der Waals surface area contributed by atoms with Gasteiger partial charge in [-0.3, -0.25) is 9.59 Å². The maximum absolute atomic E-state index is 11.3. The van der Waals surface area contributed by atoms with Gasteiger partial charge in [0, 0.05) is 45.6 Å². The Kier molecular flexibility index (Phi) is 42.2. The molecule has 0 saturated carbocycles. The maximum atomic E-state index is 11.3. The molecule has 0 aromatic carbocycles. The third-order valence-electron chi connectivity index (χ3n) is 4.86. The van der Waals surface area contributed by atoms with Crippen molar-refractivity contribution in [2.45, 2.75) is 112 Å². The van der Waals surface area contributed by atoms with Crippen LogP contribution in [0.4, 0.5) is 9.59 Å². The van der Waals surface area contributed by atoms with Crippen molar-refractivity contribution in [1.29, 1.82) is 0 Å². The lowest BCUT2D eigenvalue weighted by Crippen LogP contribution is -2.34. The van der Waals surface area contributed by atoms with E-state index in [0.717, 1.165) is 25.7 Å². The highest BCUT2D eigenvalue weighted by atomic mass is 16.6. The normalized spacial score (nSPS) is 10.5. The van der Waals surface area contributed by atoms with Crippen molar-refractivity contribution in [2.75, 3.05) is 85.6 Å². The Balaban J connectivity index is -0.000000331. The molecule has 0 spiro atoms. The third kappa shape index (κ3) is 60.6. The number of unbranched alkanes of at least 4 members (excludes halogenated alkanes) is 1. The van der Waals surface area contributed by atoms with Crippen LogP contribution in [0, 0.1) is 0 Å². The molecule has 0 unspecified atom stereocenters. The van der Waals surface area contributed by atoms with Crippen LogP contribution >= 0.6 is 0 Å². The predicted molar refractivity (Wildman–Crippen MR) is 193 cm³/mol. The summed E-state index contributed by atoms with van der Waals surface area (Å²) < 4.78 is 31.1. The summed E-state index contributed by atoms with van der Waals surface area (Å²) in [7, 11) is 0. The van der Waals surface area contributed by atoms with Crippen molar-refractivity contribution in [3.05, 3.63) is 0 Å². The Morgan fingerprint density at radius 1 is 0.580 bits per heavy atom. The monoisotopic (exact) mass is 729 g/mol. The minimum Gasteiger partial charge on any atom is -0.481 e. The topological polar surface area (TPSA) is 226 Å². The lowest BCUT2D eigenvalue weighted by atomic mass is 10.2. The quantitative estimate of drug-likeness (QED) is 0.0828. The standard InChI is InChI=1S/C15H30N2O5.C11H24N2O4.C4H8O2.C4H10O/c1-5-6-13(18)16-7-9-20-11-12-21-10-8-17-14(19)22-15(2,3)4;1-11(2,3)17-10(14)13-5-7-16-9-8-15-6-4-12;1-2-3-4(5)6;1-2-3-4-5/h5-12H2,1-4H3,(H,16,18)(H,17,19);4-9,12H2,1-3H3,(H,13,14);2-3H2,1H3,(H,5,6);5H,2-4H2,1H3. The van der Waals surface area contributed by atoms with Gasteiger partial charge in [0.1, 0.15) is 11.2 Å². The van der Waals surface area contributed by atoms with Gasteiger partial charge in [-0.1, -0.05) is 27.2 Å². The molecule has 0 fully saturated rings. The molecule has 0 aliphatic rings. The molecule has 0 rings (SSSR count). The zero-order valence-corrected chi connectivity index (χ0v) is 32.5. The average molecular weight is 729 g/mol. The van der Waals surface area contributed by atoms with Crippen molar-refractivity contribution < 1.29 is 57.8 Å². The van der Waals surface area contributed by atoms with Gasteiger partial charge in [0.25, 0.3) is 0 Å². The lowest BCUT2D eigenvalue weighted by molar-refractivity contribution is -0.137. The Hall–Kier alpha value is -2.76. The van der Waals surface area contributed by atoms with E-state index in [1.54, 1.807) is 0 Å². The van der Waals surface area contributed by atoms with Crippen molar-refractivity contribution >= 4 is 24.1 Å². The molecular formula is C34H72N4O12.